The van der Waals surface area contributed by atoms with Crippen molar-refractivity contribution in [2.45, 2.75) is 0 Å². The summed E-state index contributed by atoms with van der Waals surface area (Å²) in [5.41, 5.74) is 1.19. The number of nitrogens with zero attached hydrogens (tertiary/aromatic N) is 3. The molecule has 0 atom stereocenters. The van der Waals surface area contributed by atoms with Gasteiger partial charge in [0, 0.05) is 21.4 Å². The van der Waals surface area contributed by atoms with E-state index in [0.29, 0.717) is 27.2 Å². The molecule has 9 heteroatoms. The molecule has 0 aliphatic carbocycles. The van der Waals surface area contributed by atoms with Crippen LogP contribution in [0.2, 0.25) is 15.1 Å². The number of halogens is 4. The van der Waals surface area contributed by atoms with Crippen molar-refractivity contribution in [3.8, 4) is 0 Å². The Hall–Kier alpha value is -2.15. The second kappa shape index (κ2) is 7.17. The largest absolute Gasteiger partial charge is 0.339 e. The molecule has 0 radical (unpaired) electrons. The Labute approximate surface area is 151 Å². The Kier molecular flexibility index (Phi) is 4.99. The van der Waals surface area contributed by atoms with Gasteiger partial charge in [-0.3, -0.25) is 0 Å². The van der Waals surface area contributed by atoms with Crippen LogP contribution in [-0.2, 0) is 0 Å². The molecule has 0 saturated carbocycles. The van der Waals surface area contributed by atoms with Gasteiger partial charge in [0.2, 0.25) is 5.95 Å². The number of hydrogen-bond acceptors (Lipinski definition) is 5. The fourth-order valence-electron chi connectivity index (χ4n) is 1.89. The zero-order valence-corrected chi connectivity index (χ0v) is 14.2. The lowest BCUT2D eigenvalue weighted by Crippen LogP contribution is -2.02. The molecular weight excluding hydrogens is 376 g/mol. The third-order valence-corrected chi connectivity index (χ3v) is 3.60. The van der Waals surface area contributed by atoms with Crippen LogP contribution in [0, 0.1) is 5.82 Å². The molecule has 5 nitrogen and oxygen atoms in total. The summed E-state index contributed by atoms with van der Waals surface area (Å²) < 4.78 is 13.2. The third kappa shape index (κ3) is 4.23. The number of anilines is 4. The highest BCUT2D eigenvalue weighted by atomic mass is 35.5. The molecule has 3 rings (SSSR count). The fourth-order valence-corrected chi connectivity index (χ4v) is 2.60. The maximum atomic E-state index is 13.2. The van der Waals surface area contributed by atoms with Crippen molar-refractivity contribution in [2.75, 3.05) is 10.6 Å². The van der Waals surface area contributed by atoms with E-state index in [1.165, 1.54) is 24.4 Å². The molecule has 2 aromatic carbocycles. The van der Waals surface area contributed by atoms with Gasteiger partial charge in [0.15, 0.2) is 5.82 Å². The topological polar surface area (TPSA) is 62.7 Å². The first-order valence-corrected chi connectivity index (χ1v) is 7.78. The minimum absolute atomic E-state index is 0.00388. The highest BCUT2D eigenvalue weighted by molar-refractivity contribution is 6.35. The van der Waals surface area contributed by atoms with Crippen LogP contribution in [0.1, 0.15) is 0 Å². The van der Waals surface area contributed by atoms with E-state index in [-0.39, 0.29) is 11.0 Å². The molecule has 0 fully saturated rings. The Morgan fingerprint density at radius 3 is 2.33 bits per heavy atom. The fraction of sp³-hybridized carbons (Fsp3) is 0. The summed E-state index contributed by atoms with van der Waals surface area (Å²) in [5.74, 6) is 0.143. The van der Waals surface area contributed by atoms with Gasteiger partial charge in [0.25, 0.3) is 0 Å². The normalized spacial score (nSPS) is 10.5. The van der Waals surface area contributed by atoms with Crippen LogP contribution < -0.4 is 10.6 Å². The summed E-state index contributed by atoms with van der Waals surface area (Å²) >= 11 is 17.6. The number of aromatic nitrogens is 3. The standard InChI is InChI=1S/C15H9Cl3FN5/c16-8-3-9(17)5-11(4-8)21-14-7-20-24-15(23-14)22-10-1-2-13(19)12(18)6-10/h1-7H,(H2,21,22,23,24). The molecule has 122 valence electrons. The monoisotopic (exact) mass is 383 g/mol. The molecule has 0 spiro atoms. The molecule has 0 amide bonds. The lowest BCUT2D eigenvalue weighted by molar-refractivity contribution is 0.628. The molecule has 1 heterocycles. The Balaban J connectivity index is 1.79. The van der Waals surface area contributed by atoms with E-state index in [1.807, 2.05) is 0 Å². The van der Waals surface area contributed by atoms with Crippen LogP contribution in [-0.4, -0.2) is 15.2 Å². The SMILES string of the molecule is Fc1ccc(Nc2nncc(Nc3cc(Cl)cc(Cl)c3)n2)cc1Cl. The van der Waals surface area contributed by atoms with E-state index in [4.69, 9.17) is 34.8 Å². The zero-order chi connectivity index (χ0) is 17.1. The molecule has 2 N–H and O–H groups in total. The van der Waals surface area contributed by atoms with Gasteiger partial charge < -0.3 is 10.6 Å². The quantitative estimate of drug-likeness (QED) is 0.625. The highest BCUT2D eigenvalue weighted by Crippen LogP contribution is 2.25. The van der Waals surface area contributed by atoms with E-state index >= 15 is 0 Å². The summed E-state index contributed by atoms with van der Waals surface area (Å²) in [5, 5.41) is 14.6. The molecule has 0 unspecified atom stereocenters. The molecule has 24 heavy (non-hydrogen) atoms. The number of hydrogen-bond donors (Lipinski definition) is 2. The summed E-state index contributed by atoms with van der Waals surface area (Å²) in [6.07, 6.45) is 1.44. The molecule has 0 aliphatic rings. The molecule has 0 saturated heterocycles. The zero-order valence-electron chi connectivity index (χ0n) is 11.9. The Morgan fingerprint density at radius 1 is 0.875 bits per heavy atom. The smallest absolute Gasteiger partial charge is 0.249 e. The lowest BCUT2D eigenvalue weighted by Gasteiger charge is -2.08. The first-order valence-electron chi connectivity index (χ1n) is 6.64. The van der Waals surface area contributed by atoms with Gasteiger partial charge in [-0.1, -0.05) is 34.8 Å². The second-order valence-electron chi connectivity index (χ2n) is 4.70. The van der Waals surface area contributed by atoms with Crippen LogP contribution in [0.15, 0.2) is 42.6 Å². The van der Waals surface area contributed by atoms with Crippen LogP contribution >= 0.6 is 34.8 Å². The van der Waals surface area contributed by atoms with E-state index in [2.05, 4.69) is 25.8 Å². The van der Waals surface area contributed by atoms with Gasteiger partial charge in [-0.15, -0.1) is 5.10 Å². The highest BCUT2D eigenvalue weighted by Gasteiger charge is 2.06. The van der Waals surface area contributed by atoms with Crippen LogP contribution in [0.5, 0.6) is 0 Å². The number of rotatable bonds is 4. The predicted octanol–water partition coefficient (Wildman–Crippen LogP) is 5.46. The molecule has 1 aromatic heterocycles. The minimum atomic E-state index is -0.505. The van der Waals surface area contributed by atoms with E-state index < -0.39 is 5.82 Å². The van der Waals surface area contributed by atoms with Gasteiger partial charge in [-0.25, -0.2) is 4.39 Å². The van der Waals surface area contributed by atoms with Crippen molar-refractivity contribution in [2.24, 2.45) is 0 Å². The summed E-state index contributed by atoms with van der Waals surface area (Å²) in [6.45, 7) is 0. The molecule has 3 aromatic rings. The lowest BCUT2D eigenvalue weighted by atomic mass is 10.3. The van der Waals surface area contributed by atoms with Crippen LogP contribution in [0.25, 0.3) is 0 Å². The van der Waals surface area contributed by atoms with Gasteiger partial charge in [-0.2, -0.15) is 10.1 Å². The Morgan fingerprint density at radius 2 is 1.62 bits per heavy atom. The van der Waals surface area contributed by atoms with Crippen molar-refractivity contribution in [3.05, 3.63) is 63.5 Å². The summed E-state index contributed by atoms with van der Waals surface area (Å²) in [7, 11) is 0. The van der Waals surface area contributed by atoms with Gasteiger partial charge in [0.05, 0.1) is 11.2 Å². The van der Waals surface area contributed by atoms with E-state index in [9.17, 15) is 4.39 Å². The van der Waals surface area contributed by atoms with E-state index in [0.717, 1.165) is 0 Å². The third-order valence-electron chi connectivity index (χ3n) is 2.87. The van der Waals surface area contributed by atoms with Gasteiger partial charge >= 0.3 is 0 Å². The average Bonchev–Trinajstić information content (AvgIpc) is 2.50. The van der Waals surface area contributed by atoms with Crippen molar-refractivity contribution >= 4 is 57.9 Å². The van der Waals surface area contributed by atoms with Crippen molar-refractivity contribution < 1.29 is 4.39 Å². The first kappa shape index (κ1) is 16.7. The van der Waals surface area contributed by atoms with Gasteiger partial charge in [-0.05, 0) is 36.4 Å². The molecule has 0 aliphatic heterocycles. The number of nitrogens with one attached hydrogen (secondary N) is 2. The van der Waals surface area contributed by atoms with Crippen LogP contribution in [0.3, 0.4) is 0 Å². The molecule has 0 bridgehead atoms. The molecular formula is C15H9Cl3FN5. The van der Waals surface area contributed by atoms with Crippen LogP contribution in [0.4, 0.5) is 27.5 Å². The Bertz CT molecular complexity index is 870. The summed E-state index contributed by atoms with van der Waals surface area (Å²) in [4.78, 5) is 4.26. The first-order chi connectivity index (χ1) is 11.5. The predicted molar refractivity (Wildman–Crippen MR) is 94.3 cm³/mol. The second-order valence-corrected chi connectivity index (χ2v) is 5.98. The van der Waals surface area contributed by atoms with Crippen molar-refractivity contribution in [3.63, 3.8) is 0 Å². The minimum Gasteiger partial charge on any atom is -0.339 e. The van der Waals surface area contributed by atoms with Crippen molar-refractivity contribution in [1.82, 2.24) is 15.2 Å². The summed E-state index contributed by atoms with van der Waals surface area (Å²) in [6, 6.07) is 9.20. The van der Waals surface area contributed by atoms with E-state index in [1.54, 1.807) is 18.2 Å². The number of benzene rings is 2. The average molecular weight is 385 g/mol. The van der Waals surface area contributed by atoms with Gasteiger partial charge in [0.1, 0.15) is 5.82 Å². The maximum absolute atomic E-state index is 13.2. The maximum Gasteiger partial charge on any atom is 0.249 e. The van der Waals surface area contributed by atoms with Crippen molar-refractivity contribution in [1.29, 1.82) is 0 Å².